The molecule has 1 aliphatic heterocycles. The SMILES string of the molecule is COC(=O)NC1(C)CC(C(=O)N2CC3(CC(c4ccccc4)C3)C2)C1. The molecule has 1 saturated heterocycles. The topological polar surface area (TPSA) is 58.6 Å². The van der Waals surface area contributed by atoms with E-state index in [0.717, 1.165) is 13.1 Å². The number of methoxy groups -OCH3 is 1. The summed E-state index contributed by atoms with van der Waals surface area (Å²) in [5, 5.41) is 2.83. The number of likely N-dealkylation sites (tertiary alicyclic amines) is 1. The molecule has 2 aliphatic carbocycles. The molecule has 2 amide bonds. The molecule has 3 fully saturated rings. The van der Waals surface area contributed by atoms with Gasteiger partial charge in [0.1, 0.15) is 0 Å². The van der Waals surface area contributed by atoms with Crippen LogP contribution < -0.4 is 5.32 Å². The molecule has 1 N–H and O–H groups in total. The minimum atomic E-state index is -0.419. The Bertz CT molecular complexity index is 667. The van der Waals surface area contributed by atoms with Crippen molar-refractivity contribution in [3.8, 4) is 0 Å². The summed E-state index contributed by atoms with van der Waals surface area (Å²) in [4.78, 5) is 26.0. The van der Waals surface area contributed by atoms with E-state index in [-0.39, 0.29) is 17.4 Å². The van der Waals surface area contributed by atoms with Gasteiger partial charge in [0.25, 0.3) is 0 Å². The molecular formula is C20H26N2O3. The minimum Gasteiger partial charge on any atom is -0.453 e. The predicted molar refractivity (Wildman–Crippen MR) is 94.1 cm³/mol. The number of benzene rings is 1. The van der Waals surface area contributed by atoms with E-state index >= 15 is 0 Å². The summed E-state index contributed by atoms with van der Waals surface area (Å²) in [5.74, 6) is 0.970. The van der Waals surface area contributed by atoms with E-state index in [1.165, 1.54) is 25.5 Å². The van der Waals surface area contributed by atoms with Crippen LogP contribution in [0.25, 0.3) is 0 Å². The van der Waals surface area contributed by atoms with Crippen molar-refractivity contribution in [1.29, 1.82) is 0 Å². The van der Waals surface area contributed by atoms with Crippen molar-refractivity contribution in [2.24, 2.45) is 11.3 Å². The fourth-order valence-corrected chi connectivity index (χ4v) is 4.98. The number of hydrogen-bond donors (Lipinski definition) is 1. The standard InChI is InChI=1S/C20H26N2O3/c1-19(21-18(24)25-2)8-16(9-19)17(23)22-12-20(13-22)10-15(11-20)14-6-4-3-5-7-14/h3-7,15-16H,8-13H2,1-2H3,(H,21,24). The Morgan fingerprint density at radius 2 is 1.76 bits per heavy atom. The van der Waals surface area contributed by atoms with Crippen molar-refractivity contribution in [2.45, 2.75) is 44.1 Å². The molecule has 5 nitrogen and oxygen atoms in total. The highest BCUT2D eigenvalue weighted by molar-refractivity contribution is 5.82. The summed E-state index contributed by atoms with van der Waals surface area (Å²) in [6, 6.07) is 10.7. The molecule has 0 radical (unpaired) electrons. The van der Waals surface area contributed by atoms with Gasteiger partial charge in [-0.3, -0.25) is 4.79 Å². The first kappa shape index (κ1) is 16.4. The van der Waals surface area contributed by atoms with Gasteiger partial charge in [0.05, 0.1) is 7.11 Å². The Labute approximate surface area is 148 Å². The minimum absolute atomic E-state index is 0.0458. The summed E-state index contributed by atoms with van der Waals surface area (Å²) in [5.41, 5.74) is 1.50. The largest absolute Gasteiger partial charge is 0.453 e. The lowest BCUT2D eigenvalue weighted by Crippen LogP contribution is -2.66. The summed E-state index contributed by atoms with van der Waals surface area (Å²) in [6.07, 6.45) is 3.40. The summed E-state index contributed by atoms with van der Waals surface area (Å²) in [6.45, 7) is 3.79. The van der Waals surface area contributed by atoms with Crippen LogP contribution in [0.2, 0.25) is 0 Å². The third-order valence-electron chi connectivity index (χ3n) is 6.33. The fraction of sp³-hybridized carbons (Fsp3) is 0.600. The molecule has 1 spiro atoms. The number of ether oxygens (including phenoxy) is 1. The molecule has 0 aromatic heterocycles. The molecule has 2 saturated carbocycles. The molecule has 1 aromatic rings. The number of alkyl carbamates (subject to hydrolysis) is 1. The second-order valence-corrected chi connectivity index (χ2v) is 8.49. The molecular weight excluding hydrogens is 316 g/mol. The molecule has 0 unspecified atom stereocenters. The van der Waals surface area contributed by atoms with Crippen molar-refractivity contribution in [2.75, 3.05) is 20.2 Å². The Morgan fingerprint density at radius 1 is 1.12 bits per heavy atom. The first-order valence-corrected chi connectivity index (χ1v) is 9.12. The van der Waals surface area contributed by atoms with Crippen molar-refractivity contribution in [3.63, 3.8) is 0 Å². The van der Waals surface area contributed by atoms with E-state index in [0.29, 0.717) is 24.2 Å². The molecule has 3 aliphatic rings. The monoisotopic (exact) mass is 342 g/mol. The molecule has 0 bridgehead atoms. The summed E-state index contributed by atoms with van der Waals surface area (Å²) < 4.78 is 4.65. The van der Waals surface area contributed by atoms with Gasteiger partial charge in [0.15, 0.2) is 0 Å². The van der Waals surface area contributed by atoms with Gasteiger partial charge in [-0.25, -0.2) is 4.79 Å². The zero-order valence-electron chi connectivity index (χ0n) is 15.0. The predicted octanol–water partition coefficient (Wildman–Crippen LogP) is 2.92. The molecule has 1 heterocycles. The first-order chi connectivity index (χ1) is 11.9. The second-order valence-electron chi connectivity index (χ2n) is 8.49. The van der Waals surface area contributed by atoms with E-state index in [1.54, 1.807) is 0 Å². The van der Waals surface area contributed by atoms with E-state index in [2.05, 4.69) is 40.4 Å². The molecule has 1 aromatic carbocycles. The maximum Gasteiger partial charge on any atom is 0.407 e. The van der Waals surface area contributed by atoms with Crippen LogP contribution in [0.15, 0.2) is 30.3 Å². The van der Waals surface area contributed by atoms with Crippen LogP contribution in [0.4, 0.5) is 4.79 Å². The lowest BCUT2D eigenvalue weighted by molar-refractivity contribution is -0.161. The van der Waals surface area contributed by atoms with Gasteiger partial charge in [-0.05, 0) is 44.1 Å². The van der Waals surface area contributed by atoms with Crippen LogP contribution in [0.5, 0.6) is 0 Å². The average Bonchev–Trinajstić information content (AvgIpc) is 2.50. The van der Waals surface area contributed by atoms with Gasteiger partial charge in [0.2, 0.25) is 5.91 Å². The fourth-order valence-electron chi connectivity index (χ4n) is 4.98. The van der Waals surface area contributed by atoms with Crippen LogP contribution in [-0.2, 0) is 9.53 Å². The molecule has 5 heteroatoms. The smallest absolute Gasteiger partial charge is 0.407 e. The Kier molecular flexibility index (Phi) is 3.78. The zero-order chi connectivity index (χ0) is 17.7. The highest BCUT2D eigenvalue weighted by Gasteiger charge is 2.56. The third kappa shape index (κ3) is 2.90. The highest BCUT2D eigenvalue weighted by atomic mass is 16.5. The Balaban J connectivity index is 1.23. The molecule has 134 valence electrons. The lowest BCUT2D eigenvalue weighted by Gasteiger charge is -2.60. The van der Waals surface area contributed by atoms with Gasteiger partial charge in [-0.2, -0.15) is 0 Å². The normalized spacial score (nSPS) is 30.0. The van der Waals surface area contributed by atoms with E-state index in [9.17, 15) is 9.59 Å². The number of rotatable bonds is 3. The Hall–Kier alpha value is -2.04. The van der Waals surface area contributed by atoms with E-state index in [4.69, 9.17) is 0 Å². The quantitative estimate of drug-likeness (QED) is 0.919. The molecule has 4 rings (SSSR count). The van der Waals surface area contributed by atoms with Crippen LogP contribution in [0, 0.1) is 11.3 Å². The van der Waals surface area contributed by atoms with Gasteiger partial charge in [-0.15, -0.1) is 0 Å². The molecule has 0 atom stereocenters. The maximum atomic E-state index is 12.6. The van der Waals surface area contributed by atoms with Crippen molar-refractivity contribution >= 4 is 12.0 Å². The van der Waals surface area contributed by atoms with Crippen molar-refractivity contribution in [1.82, 2.24) is 10.2 Å². The molecule has 25 heavy (non-hydrogen) atoms. The number of nitrogens with zero attached hydrogens (tertiary/aromatic N) is 1. The number of carbonyl (C=O) groups is 2. The van der Waals surface area contributed by atoms with Crippen LogP contribution in [0.1, 0.15) is 44.1 Å². The van der Waals surface area contributed by atoms with Crippen molar-refractivity contribution in [3.05, 3.63) is 35.9 Å². The van der Waals surface area contributed by atoms with Gasteiger partial charge in [-0.1, -0.05) is 30.3 Å². The van der Waals surface area contributed by atoms with E-state index < -0.39 is 6.09 Å². The number of amides is 2. The van der Waals surface area contributed by atoms with Crippen LogP contribution in [-0.4, -0.2) is 42.6 Å². The number of carbonyl (C=O) groups excluding carboxylic acids is 2. The number of hydrogen-bond acceptors (Lipinski definition) is 3. The van der Waals surface area contributed by atoms with Gasteiger partial charge >= 0.3 is 6.09 Å². The number of nitrogens with one attached hydrogen (secondary N) is 1. The third-order valence-corrected chi connectivity index (χ3v) is 6.33. The summed E-state index contributed by atoms with van der Waals surface area (Å²) >= 11 is 0. The van der Waals surface area contributed by atoms with Crippen LogP contribution >= 0.6 is 0 Å². The lowest BCUT2D eigenvalue weighted by atomic mass is 9.55. The van der Waals surface area contributed by atoms with Gasteiger partial charge < -0.3 is 15.0 Å². The summed E-state index contributed by atoms with van der Waals surface area (Å²) in [7, 11) is 1.36. The second kappa shape index (κ2) is 5.75. The zero-order valence-corrected chi connectivity index (χ0v) is 15.0. The highest BCUT2D eigenvalue weighted by Crippen LogP contribution is 2.56. The maximum absolute atomic E-state index is 12.6. The Morgan fingerprint density at radius 3 is 2.36 bits per heavy atom. The van der Waals surface area contributed by atoms with Crippen molar-refractivity contribution < 1.29 is 14.3 Å². The van der Waals surface area contributed by atoms with Crippen LogP contribution in [0.3, 0.4) is 0 Å². The average molecular weight is 342 g/mol. The van der Waals surface area contributed by atoms with Gasteiger partial charge in [0, 0.05) is 30.0 Å². The van der Waals surface area contributed by atoms with E-state index in [1.807, 2.05) is 11.8 Å². The first-order valence-electron chi connectivity index (χ1n) is 9.12.